The molecule has 1 heterocycles. The van der Waals surface area contributed by atoms with Gasteiger partial charge in [-0.3, -0.25) is 9.59 Å². The van der Waals surface area contributed by atoms with Crippen molar-refractivity contribution >= 4 is 21.8 Å². The van der Waals surface area contributed by atoms with Gasteiger partial charge in [0, 0.05) is 44.9 Å². The van der Waals surface area contributed by atoms with Crippen LogP contribution >= 0.6 is 0 Å². The molecule has 0 unspecified atom stereocenters. The maximum Gasteiger partial charge on any atom is 0.246 e. The average molecular weight is 363 g/mol. The first kappa shape index (κ1) is 18.9. The zero-order chi connectivity index (χ0) is 18.3. The summed E-state index contributed by atoms with van der Waals surface area (Å²) in [6, 6.07) is 8.21. The molecule has 0 radical (unpaired) electrons. The summed E-state index contributed by atoms with van der Waals surface area (Å²) >= 11 is 0. The fraction of sp³-hybridized carbons (Fsp3) is 0.294. The lowest BCUT2D eigenvalue weighted by Crippen LogP contribution is -2.50. The molecule has 0 bridgehead atoms. The highest BCUT2D eigenvalue weighted by Crippen LogP contribution is 2.17. The lowest BCUT2D eigenvalue weighted by Gasteiger charge is -2.33. The van der Waals surface area contributed by atoms with Crippen LogP contribution in [0.15, 0.2) is 60.0 Å². The molecule has 1 fully saturated rings. The van der Waals surface area contributed by atoms with Crippen LogP contribution in [-0.2, 0) is 19.6 Å². The number of nitrogens with zero attached hydrogens (tertiary/aromatic N) is 2. The van der Waals surface area contributed by atoms with Crippen LogP contribution in [0.2, 0.25) is 0 Å². The van der Waals surface area contributed by atoms with Crippen LogP contribution < -0.4 is 5.32 Å². The minimum Gasteiger partial charge on any atom is -0.349 e. The zero-order valence-corrected chi connectivity index (χ0v) is 14.6. The summed E-state index contributed by atoms with van der Waals surface area (Å²) < 4.78 is 26.4. The van der Waals surface area contributed by atoms with Gasteiger partial charge in [-0.2, -0.15) is 4.31 Å². The summed E-state index contributed by atoms with van der Waals surface area (Å²) in [7, 11) is -3.54. The zero-order valence-electron chi connectivity index (χ0n) is 13.8. The Balaban J connectivity index is 1.91. The smallest absolute Gasteiger partial charge is 0.246 e. The van der Waals surface area contributed by atoms with Gasteiger partial charge in [0.15, 0.2) is 0 Å². The molecule has 25 heavy (non-hydrogen) atoms. The molecule has 0 atom stereocenters. The molecule has 0 saturated carbocycles. The van der Waals surface area contributed by atoms with Crippen LogP contribution in [-0.4, -0.2) is 62.2 Å². The molecule has 8 heteroatoms. The maximum absolute atomic E-state index is 12.5. The first-order valence-electron chi connectivity index (χ1n) is 7.86. The molecule has 7 nitrogen and oxygen atoms in total. The van der Waals surface area contributed by atoms with Gasteiger partial charge in [-0.1, -0.05) is 24.3 Å². The SMILES string of the molecule is C=CCNC(=O)/C=C/C(=O)N1CCN(S(=O)(=O)c2ccccc2)CC1. The summed E-state index contributed by atoms with van der Waals surface area (Å²) in [6.07, 6.45) is 3.90. The Morgan fingerprint density at radius 2 is 1.72 bits per heavy atom. The molecular formula is C17H21N3O4S. The Morgan fingerprint density at radius 1 is 1.08 bits per heavy atom. The van der Waals surface area contributed by atoms with E-state index in [2.05, 4.69) is 11.9 Å². The highest BCUT2D eigenvalue weighted by molar-refractivity contribution is 7.89. The highest BCUT2D eigenvalue weighted by Gasteiger charge is 2.29. The Labute approximate surface area is 147 Å². The summed E-state index contributed by atoms with van der Waals surface area (Å²) in [5, 5.41) is 2.53. The third-order valence-corrected chi connectivity index (χ3v) is 5.64. The number of rotatable bonds is 6. The molecule has 2 amide bonds. The van der Waals surface area contributed by atoms with E-state index in [1.54, 1.807) is 36.4 Å². The molecule has 1 saturated heterocycles. The number of hydrogen-bond donors (Lipinski definition) is 1. The van der Waals surface area contributed by atoms with Crippen molar-refractivity contribution < 1.29 is 18.0 Å². The lowest BCUT2D eigenvalue weighted by atomic mass is 10.3. The van der Waals surface area contributed by atoms with E-state index in [4.69, 9.17) is 0 Å². The second-order valence-corrected chi connectivity index (χ2v) is 7.35. The fourth-order valence-electron chi connectivity index (χ4n) is 2.37. The van der Waals surface area contributed by atoms with Crippen molar-refractivity contribution in [1.29, 1.82) is 0 Å². The van der Waals surface area contributed by atoms with Crippen LogP contribution in [0.1, 0.15) is 0 Å². The minimum atomic E-state index is -3.54. The van der Waals surface area contributed by atoms with Crippen molar-refractivity contribution in [3.8, 4) is 0 Å². The molecule has 0 aromatic heterocycles. The van der Waals surface area contributed by atoms with E-state index in [1.807, 2.05) is 0 Å². The topological polar surface area (TPSA) is 86.8 Å². The second-order valence-electron chi connectivity index (χ2n) is 5.41. The molecule has 1 aliphatic heterocycles. The van der Waals surface area contributed by atoms with Crippen LogP contribution in [0.5, 0.6) is 0 Å². The Bertz CT molecular complexity index is 751. The van der Waals surface area contributed by atoms with Crippen molar-refractivity contribution in [1.82, 2.24) is 14.5 Å². The van der Waals surface area contributed by atoms with Gasteiger partial charge in [0.05, 0.1) is 4.90 Å². The number of carbonyl (C=O) groups excluding carboxylic acids is 2. The van der Waals surface area contributed by atoms with E-state index in [-0.39, 0.29) is 42.9 Å². The molecular weight excluding hydrogens is 342 g/mol. The number of benzene rings is 1. The molecule has 1 aliphatic rings. The molecule has 0 aliphatic carbocycles. The van der Waals surface area contributed by atoms with Gasteiger partial charge in [-0.15, -0.1) is 6.58 Å². The fourth-order valence-corrected chi connectivity index (χ4v) is 3.82. The van der Waals surface area contributed by atoms with Gasteiger partial charge in [0.25, 0.3) is 0 Å². The van der Waals surface area contributed by atoms with Gasteiger partial charge in [0.2, 0.25) is 21.8 Å². The first-order valence-corrected chi connectivity index (χ1v) is 9.30. The molecule has 1 aromatic carbocycles. The third kappa shape index (κ3) is 5.01. The summed E-state index contributed by atoms with van der Waals surface area (Å²) in [5.74, 6) is -0.691. The number of nitrogens with one attached hydrogen (secondary N) is 1. The molecule has 0 spiro atoms. The van der Waals surface area contributed by atoms with Gasteiger partial charge >= 0.3 is 0 Å². The standard InChI is InChI=1S/C17H21N3O4S/c1-2-10-18-16(21)8-9-17(22)19-11-13-20(14-12-19)25(23,24)15-6-4-3-5-7-15/h2-9H,1,10-14H2,(H,18,21)/b9-8+. The van der Waals surface area contributed by atoms with Gasteiger partial charge in [-0.05, 0) is 12.1 Å². The van der Waals surface area contributed by atoms with Gasteiger partial charge < -0.3 is 10.2 Å². The van der Waals surface area contributed by atoms with E-state index in [1.165, 1.54) is 21.4 Å². The number of amides is 2. The average Bonchev–Trinajstić information content (AvgIpc) is 2.65. The van der Waals surface area contributed by atoms with Crippen LogP contribution in [0, 0.1) is 0 Å². The predicted octanol–water partition coefficient (Wildman–Crippen LogP) is 0.378. The van der Waals surface area contributed by atoms with Crippen LogP contribution in [0.4, 0.5) is 0 Å². The molecule has 134 valence electrons. The largest absolute Gasteiger partial charge is 0.349 e. The van der Waals surface area contributed by atoms with E-state index < -0.39 is 10.0 Å². The van der Waals surface area contributed by atoms with E-state index in [9.17, 15) is 18.0 Å². The molecule has 2 rings (SSSR count). The summed E-state index contributed by atoms with van der Waals surface area (Å²) in [6.45, 7) is 4.82. The number of carbonyl (C=O) groups is 2. The van der Waals surface area contributed by atoms with Crippen molar-refractivity contribution in [2.75, 3.05) is 32.7 Å². The van der Waals surface area contributed by atoms with Crippen molar-refractivity contribution in [3.63, 3.8) is 0 Å². The first-order chi connectivity index (χ1) is 11.9. The molecule has 1 aromatic rings. The Morgan fingerprint density at radius 3 is 2.32 bits per heavy atom. The van der Waals surface area contributed by atoms with E-state index >= 15 is 0 Å². The minimum absolute atomic E-state index is 0.222. The van der Waals surface area contributed by atoms with Crippen LogP contribution in [0.25, 0.3) is 0 Å². The summed E-state index contributed by atoms with van der Waals surface area (Å²) in [4.78, 5) is 25.3. The van der Waals surface area contributed by atoms with E-state index in [0.29, 0.717) is 6.54 Å². The van der Waals surface area contributed by atoms with Crippen molar-refractivity contribution in [2.24, 2.45) is 0 Å². The highest BCUT2D eigenvalue weighted by atomic mass is 32.2. The Hall–Kier alpha value is -2.45. The summed E-state index contributed by atoms with van der Waals surface area (Å²) in [5.41, 5.74) is 0. The lowest BCUT2D eigenvalue weighted by molar-refractivity contribution is -0.127. The number of hydrogen-bond acceptors (Lipinski definition) is 4. The van der Waals surface area contributed by atoms with E-state index in [0.717, 1.165) is 0 Å². The number of piperazine rings is 1. The maximum atomic E-state index is 12.5. The monoisotopic (exact) mass is 363 g/mol. The van der Waals surface area contributed by atoms with Crippen molar-refractivity contribution in [3.05, 3.63) is 55.1 Å². The second kappa shape index (κ2) is 8.59. The van der Waals surface area contributed by atoms with Gasteiger partial charge in [-0.25, -0.2) is 8.42 Å². The molecule has 1 N–H and O–H groups in total. The normalized spacial score (nSPS) is 15.9. The van der Waals surface area contributed by atoms with Crippen LogP contribution in [0.3, 0.4) is 0 Å². The Kier molecular flexibility index (Phi) is 6.49. The quantitative estimate of drug-likeness (QED) is 0.585. The van der Waals surface area contributed by atoms with Crippen molar-refractivity contribution in [2.45, 2.75) is 4.90 Å². The predicted molar refractivity (Wildman–Crippen MR) is 94.1 cm³/mol. The van der Waals surface area contributed by atoms with Gasteiger partial charge in [0.1, 0.15) is 0 Å². The number of sulfonamides is 1. The third-order valence-electron chi connectivity index (χ3n) is 3.73.